The molecule has 0 saturated heterocycles. The minimum atomic E-state index is -3.82. The lowest BCUT2D eigenvalue weighted by Crippen LogP contribution is -2.45. The zero-order valence-electron chi connectivity index (χ0n) is 20.5. The van der Waals surface area contributed by atoms with Crippen molar-refractivity contribution >= 4 is 27.6 Å². The third kappa shape index (κ3) is 5.59. The van der Waals surface area contributed by atoms with E-state index in [1.165, 1.54) is 4.31 Å². The molecule has 0 bridgehead atoms. The van der Waals surface area contributed by atoms with Gasteiger partial charge < -0.3 is 10.1 Å². The van der Waals surface area contributed by atoms with Crippen molar-refractivity contribution in [2.75, 3.05) is 18.5 Å². The molecule has 1 amide bonds. The van der Waals surface area contributed by atoms with Crippen molar-refractivity contribution in [1.82, 2.24) is 4.31 Å². The van der Waals surface area contributed by atoms with Crippen LogP contribution in [-0.2, 0) is 29.8 Å². The summed E-state index contributed by atoms with van der Waals surface area (Å²) < 4.78 is 33.6. The third-order valence-electron chi connectivity index (χ3n) is 7.05. The van der Waals surface area contributed by atoms with Crippen LogP contribution in [0.4, 0.5) is 5.69 Å². The smallest absolute Gasteiger partial charge is 0.316 e. The Balaban J connectivity index is 1.48. The predicted octanol–water partition coefficient (Wildman–Crippen LogP) is 4.55. The summed E-state index contributed by atoms with van der Waals surface area (Å²) >= 11 is 0. The summed E-state index contributed by atoms with van der Waals surface area (Å²) in [7, 11) is -3.82. The summed E-state index contributed by atoms with van der Waals surface area (Å²) in [5.74, 6) is -0.591. The summed E-state index contributed by atoms with van der Waals surface area (Å²) in [6.07, 6.45) is 6.01. The van der Waals surface area contributed by atoms with E-state index in [0.29, 0.717) is 12.3 Å². The van der Waals surface area contributed by atoms with Crippen LogP contribution in [0.3, 0.4) is 0 Å². The number of benzene rings is 2. The molecule has 188 valence electrons. The second-order valence-electron chi connectivity index (χ2n) is 9.58. The molecule has 2 aliphatic rings. The molecule has 2 fully saturated rings. The molecule has 2 saturated carbocycles. The Morgan fingerprint density at radius 1 is 1.00 bits per heavy atom. The first-order valence-corrected chi connectivity index (χ1v) is 13.9. The van der Waals surface area contributed by atoms with Gasteiger partial charge in [-0.25, -0.2) is 8.42 Å². The van der Waals surface area contributed by atoms with Gasteiger partial charge in [0.05, 0.1) is 23.5 Å². The summed E-state index contributed by atoms with van der Waals surface area (Å²) in [5, 5.41) is 2.84. The molecule has 0 spiro atoms. The fourth-order valence-electron chi connectivity index (χ4n) is 4.84. The van der Waals surface area contributed by atoms with E-state index in [2.05, 4.69) is 5.32 Å². The normalized spacial score (nSPS) is 17.7. The summed E-state index contributed by atoms with van der Waals surface area (Å²) in [6, 6.07) is 13.7. The largest absolute Gasteiger partial charge is 0.465 e. The van der Waals surface area contributed by atoms with Gasteiger partial charge in [-0.15, -0.1) is 0 Å². The fourth-order valence-corrected chi connectivity index (χ4v) is 6.49. The van der Waals surface area contributed by atoms with Gasteiger partial charge in [-0.1, -0.05) is 49.1 Å². The monoisotopic (exact) mass is 498 g/mol. The van der Waals surface area contributed by atoms with E-state index >= 15 is 0 Å². The molecule has 7 nitrogen and oxygen atoms in total. The SMILES string of the molecule is CCOC(=O)C1(c2ccc(NC(=O)CN(C3CCCCC3)S(=O)(=O)c3ccc(C)cc3)cc2)CC1. The molecule has 0 atom stereocenters. The highest BCUT2D eigenvalue weighted by Crippen LogP contribution is 2.49. The maximum Gasteiger partial charge on any atom is 0.316 e. The van der Waals surface area contributed by atoms with Crippen LogP contribution in [0, 0.1) is 6.92 Å². The number of carbonyl (C=O) groups excluding carboxylic acids is 2. The van der Waals surface area contributed by atoms with Crippen LogP contribution in [0.1, 0.15) is 63.0 Å². The highest BCUT2D eigenvalue weighted by Gasteiger charge is 2.52. The van der Waals surface area contributed by atoms with Crippen molar-refractivity contribution in [3.63, 3.8) is 0 Å². The Morgan fingerprint density at radius 2 is 1.63 bits per heavy atom. The minimum Gasteiger partial charge on any atom is -0.465 e. The molecular weight excluding hydrogens is 464 g/mol. The number of nitrogens with one attached hydrogen (secondary N) is 1. The predicted molar refractivity (Wildman–Crippen MR) is 135 cm³/mol. The highest BCUT2D eigenvalue weighted by molar-refractivity contribution is 7.89. The molecule has 0 aliphatic heterocycles. The van der Waals surface area contributed by atoms with E-state index in [1.54, 1.807) is 43.3 Å². The van der Waals surface area contributed by atoms with Crippen LogP contribution in [0.15, 0.2) is 53.4 Å². The average molecular weight is 499 g/mol. The van der Waals surface area contributed by atoms with Gasteiger partial charge in [0, 0.05) is 11.7 Å². The lowest BCUT2D eigenvalue weighted by atomic mass is 9.95. The topological polar surface area (TPSA) is 92.8 Å². The average Bonchev–Trinajstić information content (AvgIpc) is 3.66. The van der Waals surface area contributed by atoms with Gasteiger partial charge in [-0.2, -0.15) is 4.31 Å². The number of aryl methyl sites for hydroxylation is 1. The van der Waals surface area contributed by atoms with Gasteiger partial charge in [-0.3, -0.25) is 9.59 Å². The van der Waals surface area contributed by atoms with Crippen molar-refractivity contribution in [3.8, 4) is 0 Å². The molecule has 0 heterocycles. The summed E-state index contributed by atoms with van der Waals surface area (Å²) in [6.45, 7) is 3.81. The lowest BCUT2D eigenvalue weighted by Gasteiger charge is -2.33. The van der Waals surface area contributed by atoms with E-state index in [-0.39, 0.29) is 29.4 Å². The number of rotatable bonds is 9. The first-order chi connectivity index (χ1) is 16.8. The van der Waals surface area contributed by atoms with Gasteiger partial charge in [0.25, 0.3) is 0 Å². The van der Waals surface area contributed by atoms with Crippen molar-refractivity contribution in [2.24, 2.45) is 0 Å². The van der Waals surface area contributed by atoms with E-state index in [9.17, 15) is 18.0 Å². The Morgan fingerprint density at radius 3 is 2.20 bits per heavy atom. The van der Waals surface area contributed by atoms with E-state index in [1.807, 2.05) is 19.1 Å². The first kappa shape index (κ1) is 25.4. The molecule has 2 aliphatic carbocycles. The van der Waals surface area contributed by atoms with Crippen LogP contribution in [0.25, 0.3) is 0 Å². The molecule has 0 aromatic heterocycles. The molecule has 1 N–H and O–H groups in total. The van der Waals surface area contributed by atoms with Gasteiger partial charge in [0.1, 0.15) is 0 Å². The van der Waals surface area contributed by atoms with Gasteiger partial charge in [0.15, 0.2) is 0 Å². The van der Waals surface area contributed by atoms with Crippen LogP contribution in [-0.4, -0.2) is 43.8 Å². The Kier molecular flexibility index (Phi) is 7.62. The first-order valence-electron chi connectivity index (χ1n) is 12.4. The summed E-state index contributed by atoms with van der Waals surface area (Å²) in [4.78, 5) is 25.5. The van der Waals surface area contributed by atoms with Crippen LogP contribution >= 0.6 is 0 Å². The number of esters is 1. The zero-order chi connectivity index (χ0) is 25.1. The number of ether oxygens (including phenoxy) is 1. The van der Waals surface area contributed by atoms with Crippen molar-refractivity contribution < 1.29 is 22.7 Å². The van der Waals surface area contributed by atoms with Gasteiger partial charge in [-0.05, 0) is 69.4 Å². The van der Waals surface area contributed by atoms with E-state index < -0.39 is 15.4 Å². The molecule has 35 heavy (non-hydrogen) atoms. The Bertz CT molecular complexity index is 1150. The number of nitrogens with zero attached hydrogens (tertiary/aromatic N) is 1. The van der Waals surface area contributed by atoms with Crippen LogP contribution in [0.5, 0.6) is 0 Å². The molecule has 0 unspecified atom stereocenters. The third-order valence-corrected chi connectivity index (χ3v) is 8.96. The number of anilines is 1. The van der Waals surface area contributed by atoms with Crippen molar-refractivity contribution in [2.45, 2.75) is 75.1 Å². The zero-order valence-corrected chi connectivity index (χ0v) is 21.3. The molecule has 2 aromatic carbocycles. The van der Waals surface area contributed by atoms with E-state index in [4.69, 9.17) is 4.74 Å². The highest BCUT2D eigenvalue weighted by atomic mass is 32.2. The molecule has 0 radical (unpaired) electrons. The second-order valence-corrected chi connectivity index (χ2v) is 11.5. The number of hydrogen-bond donors (Lipinski definition) is 1. The van der Waals surface area contributed by atoms with Gasteiger partial charge in [0.2, 0.25) is 15.9 Å². The molecule has 8 heteroatoms. The number of carbonyl (C=O) groups is 2. The lowest BCUT2D eigenvalue weighted by molar-refractivity contribution is -0.146. The fraction of sp³-hybridized carbons (Fsp3) is 0.481. The van der Waals surface area contributed by atoms with Crippen molar-refractivity contribution in [1.29, 1.82) is 0 Å². The quantitative estimate of drug-likeness (QED) is 0.512. The van der Waals surface area contributed by atoms with Crippen LogP contribution < -0.4 is 5.32 Å². The van der Waals surface area contributed by atoms with E-state index in [0.717, 1.165) is 56.1 Å². The maximum atomic E-state index is 13.5. The van der Waals surface area contributed by atoms with Crippen LogP contribution in [0.2, 0.25) is 0 Å². The Labute approximate surface area is 207 Å². The molecule has 4 rings (SSSR count). The number of sulfonamides is 1. The summed E-state index contributed by atoms with van der Waals surface area (Å²) in [5.41, 5.74) is 1.85. The van der Waals surface area contributed by atoms with Gasteiger partial charge >= 0.3 is 5.97 Å². The second kappa shape index (κ2) is 10.5. The number of hydrogen-bond acceptors (Lipinski definition) is 5. The molecular formula is C27H34N2O5S. The maximum absolute atomic E-state index is 13.5. The minimum absolute atomic E-state index is 0.192. The Hall–Kier alpha value is -2.71. The number of amides is 1. The molecule has 2 aromatic rings. The standard InChI is InChI=1S/C27H34N2O5S/c1-3-34-26(31)27(17-18-27)21-11-13-22(14-12-21)28-25(30)19-29(23-7-5-4-6-8-23)35(32,33)24-15-9-20(2)10-16-24/h9-16,23H,3-8,17-19H2,1-2H3,(H,28,30). The van der Waals surface area contributed by atoms with Crippen molar-refractivity contribution in [3.05, 3.63) is 59.7 Å².